The Hall–Kier alpha value is -1.34. The number of aromatic carboxylic acids is 1. The van der Waals surface area contributed by atoms with E-state index >= 15 is 0 Å². The number of fused-ring (bicyclic) bond motifs is 1. The van der Waals surface area contributed by atoms with Gasteiger partial charge in [0, 0.05) is 25.8 Å². The van der Waals surface area contributed by atoms with Gasteiger partial charge in [0.25, 0.3) is 0 Å². The Kier molecular flexibility index (Phi) is 3.57. The van der Waals surface area contributed by atoms with Crippen LogP contribution in [0.3, 0.4) is 0 Å². The summed E-state index contributed by atoms with van der Waals surface area (Å²) in [5.74, 6) is -0.646. The van der Waals surface area contributed by atoms with Crippen LogP contribution in [0.25, 0.3) is 0 Å². The van der Waals surface area contributed by atoms with Crippen LogP contribution >= 0.6 is 0 Å². The summed E-state index contributed by atoms with van der Waals surface area (Å²) in [6, 6.07) is 1.35. The van der Waals surface area contributed by atoms with Crippen molar-refractivity contribution in [2.45, 2.75) is 43.0 Å². The van der Waals surface area contributed by atoms with E-state index in [9.17, 15) is 13.2 Å². The average molecular weight is 312 g/mol. The van der Waals surface area contributed by atoms with E-state index in [4.69, 9.17) is 5.11 Å². The van der Waals surface area contributed by atoms with Gasteiger partial charge in [-0.05, 0) is 37.7 Å². The maximum Gasteiger partial charge on any atom is 0.352 e. The lowest BCUT2D eigenvalue weighted by atomic mass is 9.94. The average Bonchev–Trinajstić information content (AvgIpc) is 3.03. The molecule has 116 valence electrons. The molecule has 1 aliphatic heterocycles. The van der Waals surface area contributed by atoms with Gasteiger partial charge in [-0.2, -0.15) is 4.31 Å². The summed E-state index contributed by atoms with van der Waals surface area (Å²) in [6.45, 7) is 0.542. The molecule has 1 aromatic heterocycles. The number of sulfonamides is 1. The normalized spacial score (nSPS) is 26.7. The summed E-state index contributed by atoms with van der Waals surface area (Å²) in [5.41, 5.74) is -0.00597. The molecule has 1 saturated heterocycles. The van der Waals surface area contributed by atoms with Crippen molar-refractivity contribution in [3.63, 3.8) is 0 Å². The van der Waals surface area contributed by atoms with Gasteiger partial charge in [-0.25, -0.2) is 13.2 Å². The number of carbonyl (C=O) groups is 1. The van der Waals surface area contributed by atoms with Gasteiger partial charge in [-0.3, -0.25) is 0 Å². The van der Waals surface area contributed by atoms with Crippen molar-refractivity contribution < 1.29 is 18.3 Å². The molecule has 21 heavy (non-hydrogen) atoms. The number of carboxylic acids is 1. The quantitative estimate of drug-likeness (QED) is 0.921. The number of aromatic nitrogens is 1. The molecule has 2 heterocycles. The van der Waals surface area contributed by atoms with Crippen LogP contribution in [0.5, 0.6) is 0 Å². The fraction of sp³-hybridized carbons (Fsp3) is 0.643. The first-order valence-corrected chi connectivity index (χ1v) is 8.77. The van der Waals surface area contributed by atoms with E-state index in [1.54, 1.807) is 11.4 Å². The fourth-order valence-corrected chi connectivity index (χ4v) is 5.56. The highest BCUT2D eigenvalue weighted by Gasteiger charge is 2.41. The van der Waals surface area contributed by atoms with Crippen molar-refractivity contribution >= 4 is 16.0 Å². The van der Waals surface area contributed by atoms with Crippen molar-refractivity contribution in [1.29, 1.82) is 0 Å². The van der Waals surface area contributed by atoms with Crippen molar-refractivity contribution in [2.24, 2.45) is 13.0 Å². The second-order valence-electron chi connectivity index (χ2n) is 5.99. The maximum atomic E-state index is 12.8. The molecule has 0 aromatic carbocycles. The minimum absolute atomic E-state index is 0.00597. The summed E-state index contributed by atoms with van der Waals surface area (Å²) in [5, 5.41) is 9.08. The van der Waals surface area contributed by atoms with E-state index in [1.165, 1.54) is 16.8 Å². The molecular weight excluding hydrogens is 292 g/mol. The van der Waals surface area contributed by atoms with Crippen LogP contribution in [0.15, 0.2) is 17.2 Å². The first kappa shape index (κ1) is 14.6. The molecule has 0 spiro atoms. The van der Waals surface area contributed by atoms with Crippen molar-refractivity contribution in [1.82, 2.24) is 8.87 Å². The molecule has 2 fully saturated rings. The smallest absolute Gasteiger partial charge is 0.352 e. The number of hydrogen-bond acceptors (Lipinski definition) is 3. The zero-order valence-corrected chi connectivity index (χ0v) is 12.8. The largest absolute Gasteiger partial charge is 0.477 e. The maximum absolute atomic E-state index is 12.8. The van der Waals surface area contributed by atoms with Crippen LogP contribution < -0.4 is 0 Å². The monoisotopic (exact) mass is 312 g/mol. The van der Waals surface area contributed by atoms with Crippen molar-refractivity contribution in [2.75, 3.05) is 6.54 Å². The predicted molar refractivity (Wildman–Crippen MR) is 76.6 cm³/mol. The number of hydrogen-bond donors (Lipinski definition) is 1. The molecule has 1 N–H and O–H groups in total. The summed E-state index contributed by atoms with van der Waals surface area (Å²) in [4.78, 5) is 11.2. The number of rotatable bonds is 3. The van der Waals surface area contributed by atoms with Crippen LogP contribution in [0.4, 0.5) is 0 Å². The van der Waals surface area contributed by atoms with Crippen LogP contribution in [0.2, 0.25) is 0 Å². The molecule has 0 amide bonds. The third-order valence-electron chi connectivity index (χ3n) is 4.75. The second-order valence-corrected chi connectivity index (χ2v) is 7.88. The number of nitrogens with zero attached hydrogens (tertiary/aromatic N) is 2. The van der Waals surface area contributed by atoms with Gasteiger partial charge >= 0.3 is 5.97 Å². The third-order valence-corrected chi connectivity index (χ3v) is 6.64. The Labute approximate surface area is 124 Å². The first-order valence-electron chi connectivity index (χ1n) is 7.33. The Morgan fingerprint density at radius 2 is 2.00 bits per heavy atom. The number of aryl methyl sites for hydroxylation is 1. The Morgan fingerprint density at radius 1 is 1.29 bits per heavy atom. The van der Waals surface area contributed by atoms with E-state index in [2.05, 4.69) is 0 Å². The van der Waals surface area contributed by atoms with Gasteiger partial charge in [-0.1, -0.05) is 6.42 Å². The molecule has 1 aromatic rings. The lowest BCUT2D eigenvalue weighted by Crippen LogP contribution is -2.45. The molecule has 2 aliphatic rings. The molecule has 0 radical (unpaired) electrons. The van der Waals surface area contributed by atoms with Crippen LogP contribution in [-0.2, 0) is 17.1 Å². The molecule has 7 heteroatoms. The summed E-state index contributed by atoms with van der Waals surface area (Å²) < 4.78 is 28.6. The molecule has 1 aliphatic carbocycles. The molecule has 0 bridgehead atoms. The van der Waals surface area contributed by atoms with E-state index in [1.807, 2.05) is 0 Å². The van der Waals surface area contributed by atoms with E-state index in [0.717, 1.165) is 32.1 Å². The fourth-order valence-electron chi connectivity index (χ4n) is 3.73. The van der Waals surface area contributed by atoms with Crippen LogP contribution in [0, 0.1) is 5.92 Å². The first-order chi connectivity index (χ1) is 9.91. The molecule has 1 saturated carbocycles. The van der Waals surface area contributed by atoms with Gasteiger partial charge in [0.15, 0.2) is 0 Å². The van der Waals surface area contributed by atoms with Gasteiger partial charge in [0.2, 0.25) is 10.0 Å². The number of carboxylic acid groups (broad SMARTS) is 1. The molecular formula is C14H20N2O4S. The third kappa shape index (κ3) is 2.38. The van der Waals surface area contributed by atoms with Gasteiger partial charge in [-0.15, -0.1) is 0 Å². The minimum Gasteiger partial charge on any atom is -0.477 e. The Balaban J connectivity index is 1.96. The molecule has 2 atom stereocenters. The predicted octanol–water partition coefficient (Wildman–Crippen LogP) is 1.68. The van der Waals surface area contributed by atoms with Gasteiger partial charge in [0.1, 0.15) is 10.6 Å². The summed E-state index contributed by atoms with van der Waals surface area (Å²) in [6.07, 6.45) is 6.49. The zero-order valence-electron chi connectivity index (χ0n) is 12.0. The summed E-state index contributed by atoms with van der Waals surface area (Å²) >= 11 is 0. The Morgan fingerprint density at radius 3 is 2.67 bits per heavy atom. The SMILES string of the molecule is Cn1cc(S(=O)(=O)N2CCC[C@H]3CCC[C@@H]32)cc1C(=O)O. The molecule has 6 nitrogen and oxygen atoms in total. The minimum atomic E-state index is -3.60. The standard InChI is InChI=1S/C14H20N2O4S/c1-15-9-11(8-13(15)14(17)18)21(19,20)16-7-3-5-10-4-2-6-12(10)16/h8-10,12H,2-7H2,1H3,(H,17,18)/t10-,12+/m1/s1. The van der Waals surface area contributed by atoms with E-state index in [-0.39, 0.29) is 16.6 Å². The molecule has 0 unspecified atom stereocenters. The zero-order chi connectivity index (χ0) is 15.2. The molecule has 3 rings (SSSR count). The lowest BCUT2D eigenvalue weighted by molar-refractivity contribution is 0.0686. The summed E-state index contributed by atoms with van der Waals surface area (Å²) in [7, 11) is -2.05. The topological polar surface area (TPSA) is 79.6 Å². The highest BCUT2D eigenvalue weighted by atomic mass is 32.2. The van der Waals surface area contributed by atoms with E-state index < -0.39 is 16.0 Å². The Bertz CT molecular complexity index is 665. The van der Waals surface area contributed by atoms with E-state index in [0.29, 0.717) is 12.5 Å². The van der Waals surface area contributed by atoms with Crippen molar-refractivity contribution in [3.05, 3.63) is 18.0 Å². The van der Waals surface area contributed by atoms with Crippen LogP contribution in [-0.4, -0.2) is 41.0 Å². The lowest BCUT2D eigenvalue weighted by Gasteiger charge is -2.36. The van der Waals surface area contributed by atoms with Gasteiger partial charge < -0.3 is 9.67 Å². The van der Waals surface area contributed by atoms with Crippen molar-refractivity contribution in [3.8, 4) is 0 Å². The highest BCUT2D eigenvalue weighted by molar-refractivity contribution is 7.89. The van der Waals surface area contributed by atoms with Crippen LogP contribution in [0.1, 0.15) is 42.6 Å². The highest BCUT2D eigenvalue weighted by Crippen LogP contribution is 2.39. The van der Waals surface area contributed by atoms with Gasteiger partial charge in [0.05, 0.1) is 0 Å². The number of piperidine rings is 1. The second kappa shape index (κ2) is 5.14.